The number of hydrazine groups is 1. The molecule has 3 rings (SSSR count). The van der Waals surface area contributed by atoms with Gasteiger partial charge in [0, 0.05) is 17.8 Å². The minimum atomic E-state index is -0.172. The van der Waals surface area contributed by atoms with Crippen molar-refractivity contribution in [3.05, 3.63) is 65.2 Å². The highest BCUT2D eigenvalue weighted by Crippen LogP contribution is 2.30. The van der Waals surface area contributed by atoms with Crippen LogP contribution >= 0.6 is 0 Å². The van der Waals surface area contributed by atoms with Gasteiger partial charge in [0.05, 0.1) is 0 Å². The SMILES string of the molecule is CCc1cnccc1C(NN)c1cc2cccc(C)c2o1. The summed E-state index contributed by atoms with van der Waals surface area (Å²) in [5, 5.41) is 1.09. The van der Waals surface area contributed by atoms with E-state index in [1.807, 2.05) is 37.4 Å². The van der Waals surface area contributed by atoms with E-state index in [1.54, 1.807) is 6.20 Å². The second kappa shape index (κ2) is 5.68. The Balaban J connectivity index is 2.12. The second-order valence-corrected chi connectivity index (χ2v) is 5.17. The molecule has 108 valence electrons. The predicted octanol–water partition coefficient (Wildman–Crippen LogP) is 3.25. The number of aryl methyl sites for hydroxylation is 2. The average Bonchev–Trinajstić information content (AvgIpc) is 2.94. The van der Waals surface area contributed by atoms with Crippen LogP contribution in [0.4, 0.5) is 0 Å². The Kier molecular flexibility index (Phi) is 3.73. The highest BCUT2D eigenvalue weighted by Gasteiger charge is 2.20. The molecular formula is C17H19N3O. The molecule has 0 saturated heterocycles. The summed E-state index contributed by atoms with van der Waals surface area (Å²) in [5.41, 5.74) is 7.18. The van der Waals surface area contributed by atoms with Crippen molar-refractivity contribution in [2.45, 2.75) is 26.3 Å². The molecule has 3 N–H and O–H groups in total. The fourth-order valence-corrected chi connectivity index (χ4v) is 2.71. The number of pyridine rings is 1. The summed E-state index contributed by atoms with van der Waals surface area (Å²) in [6.07, 6.45) is 4.57. The summed E-state index contributed by atoms with van der Waals surface area (Å²) in [4.78, 5) is 4.18. The first kappa shape index (κ1) is 13.8. The van der Waals surface area contributed by atoms with Gasteiger partial charge in [-0.25, -0.2) is 5.43 Å². The molecule has 21 heavy (non-hydrogen) atoms. The quantitative estimate of drug-likeness (QED) is 0.569. The topological polar surface area (TPSA) is 64.1 Å². The van der Waals surface area contributed by atoms with Gasteiger partial charge in [-0.3, -0.25) is 10.8 Å². The van der Waals surface area contributed by atoms with Gasteiger partial charge in [-0.15, -0.1) is 0 Å². The van der Waals surface area contributed by atoms with E-state index in [4.69, 9.17) is 10.3 Å². The molecule has 1 atom stereocenters. The summed E-state index contributed by atoms with van der Waals surface area (Å²) in [6.45, 7) is 4.15. The normalized spacial score (nSPS) is 12.7. The van der Waals surface area contributed by atoms with E-state index in [2.05, 4.69) is 23.4 Å². The fraction of sp³-hybridized carbons (Fsp3) is 0.235. The molecule has 0 saturated carbocycles. The Morgan fingerprint density at radius 3 is 2.90 bits per heavy atom. The summed E-state index contributed by atoms with van der Waals surface area (Å²) in [5.74, 6) is 6.61. The molecule has 0 fully saturated rings. The largest absolute Gasteiger partial charge is 0.459 e. The third-order valence-electron chi connectivity index (χ3n) is 3.84. The summed E-state index contributed by atoms with van der Waals surface area (Å²) >= 11 is 0. The number of aromatic nitrogens is 1. The Labute approximate surface area is 124 Å². The van der Waals surface area contributed by atoms with Gasteiger partial charge in [0.25, 0.3) is 0 Å². The lowest BCUT2D eigenvalue weighted by Crippen LogP contribution is -2.29. The van der Waals surface area contributed by atoms with Crippen molar-refractivity contribution in [3.63, 3.8) is 0 Å². The molecule has 0 spiro atoms. The van der Waals surface area contributed by atoms with Gasteiger partial charge >= 0.3 is 0 Å². The maximum atomic E-state index is 6.04. The van der Waals surface area contributed by atoms with E-state index in [0.717, 1.165) is 39.8 Å². The van der Waals surface area contributed by atoms with E-state index in [-0.39, 0.29) is 6.04 Å². The van der Waals surface area contributed by atoms with E-state index >= 15 is 0 Å². The van der Waals surface area contributed by atoms with Crippen molar-refractivity contribution in [2.75, 3.05) is 0 Å². The molecule has 3 aromatic rings. The molecule has 4 heteroatoms. The van der Waals surface area contributed by atoms with E-state index in [9.17, 15) is 0 Å². The van der Waals surface area contributed by atoms with Gasteiger partial charge < -0.3 is 4.42 Å². The first-order valence-electron chi connectivity index (χ1n) is 7.12. The van der Waals surface area contributed by atoms with Crippen LogP contribution in [0.3, 0.4) is 0 Å². The zero-order valence-corrected chi connectivity index (χ0v) is 12.3. The number of hydrogen-bond donors (Lipinski definition) is 2. The van der Waals surface area contributed by atoms with Crippen molar-refractivity contribution in [1.29, 1.82) is 0 Å². The van der Waals surface area contributed by atoms with Crippen molar-refractivity contribution >= 4 is 11.0 Å². The summed E-state index contributed by atoms with van der Waals surface area (Å²) in [6, 6.07) is 10.00. The highest BCUT2D eigenvalue weighted by molar-refractivity contribution is 5.81. The van der Waals surface area contributed by atoms with E-state index < -0.39 is 0 Å². The Morgan fingerprint density at radius 1 is 1.33 bits per heavy atom. The highest BCUT2D eigenvalue weighted by atomic mass is 16.3. The van der Waals surface area contributed by atoms with E-state index in [0.29, 0.717) is 0 Å². The number of rotatable bonds is 4. The lowest BCUT2D eigenvalue weighted by Gasteiger charge is -2.16. The molecule has 0 aliphatic rings. The standard InChI is InChI=1S/C17H19N3O/c1-3-12-10-19-8-7-14(12)16(20-18)15-9-13-6-4-5-11(2)17(13)21-15/h4-10,16,20H,3,18H2,1-2H3. The van der Waals surface area contributed by atoms with Crippen LogP contribution in [0, 0.1) is 6.92 Å². The third-order valence-corrected chi connectivity index (χ3v) is 3.84. The number of hydrogen-bond acceptors (Lipinski definition) is 4. The molecule has 1 unspecified atom stereocenters. The van der Waals surface area contributed by atoms with Gasteiger partial charge in [-0.05, 0) is 42.2 Å². The smallest absolute Gasteiger partial charge is 0.137 e. The molecule has 0 radical (unpaired) electrons. The predicted molar refractivity (Wildman–Crippen MR) is 83.7 cm³/mol. The number of fused-ring (bicyclic) bond motifs is 1. The number of para-hydroxylation sites is 1. The number of nitrogens with zero attached hydrogens (tertiary/aromatic N) is 1. The number of nitrogens with one attached hydrogen (secondary N) is 1. The van der Waals surface area contributed by atoms with Crippen LogP contribution in [0.5, 0.6) is 0 Å². The number of furan rings is 1. The maximum Gasteiger partial charge on any atom is 0.137 e. The maximum absolute atomic E-state index is 6.04. The van der Waals surface area contributed by atoms with Gasteiger partial charge in [0.1, 0.15) is 17.4 Å². The van der Waals surface area contributed by atoms with Crippen molar-refractivity contribution in [2.24, 2.45) is 5.84 Å². The zero-order valence-electron chi connectivity index (χ0n) is 12.3. The Bertz CT molecular complexity index is 764. The zero-order chi connectivity index (χ0) is 14.8. The summed E-state index contributed by atoms with van der Waals surface area (Å²) < 4.78 is 6.04. The van der Waals surface area contributed by atoms with Gasteiger partial charge in [0.2, 0.25) is 0 Å². The van der Waals surface area contributed by atoms with Crippen LogP contribution in [-0.2, 0) is 6.42 Å². The molecular weight excluding hydrogens is 262 g/mol. The van der Waals surface area contributed by atoms with E-state index in [1.165, 1.54) is 0 Å². The minimum Gasteiger partial charge on any atom is -0.459 e. The van der Waals surface area contributed by atoms with Crippen LogP contribution in [0.25, 0.3) is 11.0 Å². The van der Waals surface area contributed by atoms with Gasteiger partial charge in [-0.2, -0.15) is 0 Å². The molecule has 0 amide bonds. The number of benzene rings is 1. The molecule has 0 aliphatic heterocycles. The third kappa shape index (κ3) is 2.44. The Hall–Kier alpha value is -2.17. The van der Waals surface area contributed by atoms with Gasteiger partial charge in [-0.1, -0.05) is 25.1 Å². The fourth-order valence-electron chi connectivity index (χ4n) is 2.71. The molecule has 4 nitrogen and oxygen atoms in total. The minimum absolute atomic E-state index is 0.172. The molecule has 1 aromatic carbocycles. The van der Waals surface area contributed by atoms with Gasteiger partial charge in [0.15, 0.2) is 0 Å². The van der Waals surface area contributed by atoms with Crippen LogP contribution in [0.1, 0.15) is 35.4 Å². The number of nitrogens with two attached hydrogens (primary N) is 1. The second-order valence-electron chi connectivity index (χ2n) is 5.17. The molecule has 0 bridgehead atoms. The lowest BCUT2D eigenvalue weighted by molar-refractivity contribution is 0.474. The Morgan fingerprint density at radius 2 is 2.19 bits per heavy atom. The average molecular weight is 281 g/mol. The molecule has 2 heterocycles. The van der Waals surface area contributed by atoms with Crippen molar-refractivity contribution < 1.29 is 4.42 Å². The van der Waals surface area contributed by atoms with Crippen LogP contribution in [-0.4, -0.2) is 4.98 Å². The molecule has 2 aromatic heterocycles. The lowest BCUT2D eigenvalue weighted by atomic mass is 9.99. The van der Waals surface area contributed by atoms with Crippen LogP contribution < -0.4 is 11.3 Å². The molecule has 0 aliphatic carbocycles. The van der Waals surface area contributed by atoms with Crippen LogP contribution in [0.2, 0.25) is 0 Å². The van der Waals surface area contributed by atoms with Crippen molar-refractivity contribution in [3.8, 4) is 0 Å². The first-order valence-corrected chi connectivity index (χ1v) is 7.12. The summed E-state index contributed by atoms with van der Waals surface area (Å²) in [7, 11) is 0. The first-order chi connectivity index (χ1) is 10.2. The van der Waals surface area contributed by atoms with Crippen LogP contribution in [0.15, 0.2) is 47.1 Å². The monoisotopic (exact) mass is 281 g/mol. The van der Waals surface area contributed by atoms with Crippen molar-refractivity contribution in [1.82, 2.24) is 10.4 Å².